The average molecular weight is 187 g/mol. The second-order valence-electron chi connectivity index (χ2n) is 3.79. The van der Waals surface area contributed by atoms with Crippen molar-refractivity contribution in [3.63, 3.8) is 0 Å². The zero-order valence-corrected chi connectivity index (χ0v) is 9.26. The zero-order chi connectivity index (χ0) is 9.94. The summed E-state index contributed by atoms with van der Waals surface area (Å²) in [4.78, 5) is 2.31. The third-order valence-electron chi connectivity index (χ3n) is 2.34. The normalized spacial score (nSPS) is 11.1. The number of aliphatic hydroxyl groups excluding tert-OH is 1. The molecule has 0 fully saturated rings. The Kier molecular flexibility index (Phi) is 9.94. The fraction of sp³-hybridized carbons (Fsp3) is 1.00. The van der Waals surface area contributed by atoms with Crippen LogP contribution in [-0.2, 0) is 0 Å². The molecule has 1 N–H and O–H groups in total. The van der Waals surface area contributed by atoms with Crippen LogP contribution in [0.1, 0.15) is 45.4 Å². The molecule has 0 aliphatic carbocycles. The number of rotatable bonds is 9. The Morgan fingerprint density at radius 3 is 2.15 bits per heavy atom. The summed E-state index contributed by atoms with van der Waals surface area (Å²) < 4.78 is 0. The number of unbranched alkanes of at least 4 members (excludes halogenated alkanes) is 4. The van der Waals surface area contributed by atoms with Gasteiger partial charge in [-0.15, -0.1) is 0 Å². The molecular weight excluding hydrogens is 162 g/mol. The molecular formula is C11H25NO. The third kappa shape index (κ3) is 9.84. The van der Waals surface area contributed by atoms with E-state index in [1.54, 1.807) is 0 Å². The summed E-state index contributed by atoms with van der Waals surface area (Å²) >= 11 is 0. The van der Waals surface area contributed by atoms with Crippen molar-refractivity contribution in [3.05, 3.63) is 0 Å². The van der Waals surface area contributed by atoms with Crippen LogP contribution in [0.15, 0.2) is 0 Å². The van der Waals surface area contributed by atoms with Crippen LogP contribution in [0.5, 0.6) is 0 Å². The molecule has 0 radical (unpaired) electrons. The quantitative estimate of drug-likeness (QED) is 0.560. The maximum absolute atomic E-state index is 8.63. The fourth-order valence-corrected chi connectivity index (χ4v) is 1.44. The van der Waals surface area contributed by atoms with Gasteiger partial charge in [0.15, 0.2) is 0 Å². The lowest BCUT2D eigenvalue weighted by Gasteiger charge is -2.15. The molecule has 2 nitrogen and oxygen atoms in total. The van der Waals surface area contributed by atoms with Crippen LogP contribution in [0.25, 0.3) is 0 Å². The molecule has 0 saturated carbocycles. The van der Waals surface area contributed by atoms with E-state index in [-0.39, 0.29) is 0 Å². The molecule has 0 aliphatic rings. The molecule has 0 aromatic carbocycles. The molecule has 0 unspecified atom stereocenters. The second-order valence-corrected chi connectivity index (χ2v) is 3.79. The van der Waals surface area contributed by atoms with E-state index in [0.29, 0.717) is 6.61 Å². The minimum Gasteiger partial charge on any atom is -0.396 e. The van der Waals surface area contributed by atoms with E-state index in [2.05, 4.69) is 18.9 Å². The van der Waals surface area contributed by atoms with Gasteiger partial charge in [0, 0.05) is 13.2 Å². The molecule has 0 spiro atoms. The summed E-state index contributed by atoms with van der Waals surface area (Å²) in [6, 6.07) is 0. The van der Waals surface area contributed by atoms with Crippen LogP contribution >= 0.6 is 0 Å². The molecule has 13 heavy (non-hydrogen) atoms. The zero-order valence-electron chi connectivity index (χ0n) is 9.26. The van der Waals surface area contributed by atoms with Crippen LogP contribution in [0, 0.1) is 0 Å². The minimum absolute atomic E-state index is 0.320. The van der Waals surface area contributed by atoms with E-state index >= 15 is 0 Å². The van der Waals surface area contributed by atoms with Gasteiger partial charge in [-0.05, 0) is 26.4 Å². The molecule has 0 heterocycles. The Balaban J connectivity index is 3.03. The molecule has 0 bridgehead atoms. The van der Waals surface area contributed by atoms with Crippen molar-refractivity contribution in [2.45, 2.75) is 45.4 Å². The van der Waals surface area contributed by atoms with E-state index in [9.17, 15) is 0 Å². The number of aliphatic hydroxyl groups is 1. The van der Waals surface area contributed by atoms with Crippen LogP contribution in [-0.4, -0.2) is 36.8 Å². The van der Waals surface area contributed by atoms with Crippen molar-refractivity contribution in [1.82, 2.24) is 4.90 Å². The van der Waals surface area contributed by atoms with E-state index in [4.69, 9.17) is 5.11 Å². The minimum atomic E-state index is 0.320. The maximum Gasteiger partial charge on any atom is 0.0443 e. The summed E-state index contributed by atoms with van der Waals surface area (Å²) in [7, 11) is 2.13. The first kappa shape index (κ1) is 12.9. The van der Waals surface area contributed by atoms with Gasteiger partial charge in [-0.2, -0.15) is 0 Å². The van der Waals surface area contributed by atoms with Crippen LogP contribution in [0.2, 0.25) is 0 Å². The Labute approximate surface area is 82.9 Å². The van der Waals surface area contributed by atoms with Gasteiger partial charge >= 0.3 is 0 Å². The topological polar surface area (TPSA) is 23.5 Å². The Hall–Kier alpha value is -0.0800. The SMILES string of the molecule is CCCCCCCN(C)CCCO. The lowest BCUT2D eigenvalue weighted by molar-refractivity contribution is 0.245. The number of hydrogen-bond donors (Lipinski definition) is 1. The summed E-state index contributed by atoms with van der Waals surface area (Å²) in [6.45, 7) is 4.78. The van der Waals surface area contributed by atoms with Crippen molar-refractivity contribution in [3.8, 4) is 0 Å². The standard InChI is InChI=1S/C11H25NO/c1-3-4-5-6-7-9-12(2)10-8-11-13/h13H,3-11H2,1-2H3. The first-order valence-corrected chi connectivity index (χ1v) is 5.60. The first-order valence-electron chi connectivity index (χ1n) is 5.60. The maximum atomic E-state index is 8.63. The van der Waals surface area contributed by atoms with Crippen molar-refractivity contribution in [2.24, 2.45) is 0 Å². The van der Waals surface area contributed by atoms with Gasteiger partial charge in [-0.1, -0.05) is 32.6 Å². The smallest absolute Gasteiger partial charge is 0.0443 e. The van der Waals surface area contributed by atoms with Gasteiger partial charge in [-0.25, -0.2) is 0 Å². The monoisotopic (exact) mass is 187 g/mol. The van der Waals surface area contributed by atoms with Crippen molar-refractivity contribution in [1.29, 1.82) is 0 Å². The van der Waals surface area contributed by atoms with E-state index in [1.807, 2.05) is 0 Å². The second kappa shape index (κ2) is 10.0. The van der Waals surface area contributed by atoms with Crippen LogP contribution in [0.4, 0.5) is 0 Å². The number of nitrogens with zero attached hydrogens (tertiary/aromatic N) is 1. The largest absolute Gasteiger partial charge is 0.396 e. The Morgan fingerprint density at radius 1 is 0.923 bits per heavy atom. The van der Waals surface area contributed by atoms with E-state index in [1.165, 1.54) is 38.6 Å². The van der Waals surface area contributed by atoms with Crippen molar-refractivity contribution >= 4 is 0 Å². The Morgan fingerprint density at radius 2 is 1.54 bits per heavy atom. The average Bonchev–Trinajstić information content (AvgIpc) is 2.14. The molecule has 0 amide bonds. The summed E-state index contributed by atoms with van der Waals surface area (Å²) in [5, 5.41) is 8.63. The highest BCUT2D eigenvalue weighted by atomic mass is 16.3. The molecule has 0 atom stereocenters. The highest BCUT2D eigenvalue weighted by Gasteiger charge is 1.96. The molecule has 0 aliphatic heterocycles. The molecule has 80 valence electrons. The van der Waals surface area contributed by atoms with Crippen molar-refractivity contribution in [2.75, 3.05) is 26.7 Å². The fourth-order valence-electron chi connectivity index (χ4n) is 1.44. The van der Waals surface area contributed by atoms with E-state index in [0.717, 1.165) is 13.0 Å². The van der Waals surface area contributed by atoms with E-state index < -0.39 is 0 Å². The third-order valence-corrected chi connectivity index (χ3v) is 2.34. The molecule has 0 aromatic heterocycles. The van der Waals surface area contributed by atoms with Gasteiger partial charge in [-0.3, -0.25) is 0 Å². The predicted octanol–water partition coefficient (Wildman–Crippen LogP) is 2.27. The van der Waals surface area contributed by atoms with Crippen molar-refractivity contribution < 1.29 is 5.11 Å². The summed E-state index contributed by atoms with van der Waals surface area (Å²) in [6.07, 6.45) is 7.65. The van der Waals surface area contributed by atoms with Gasteiger partial charge in [0.25, 0.3) is 0 Å². The first-order chi connectivity index (χ1) is 6.31. The molecule has 0 aromatic rings. The van der Waals surface area contributed by atoms with Crippen LogP contribution < -0.4 is 0 Å². The molecule has 2 heteroatoms. The summed E-state index contributed by atoms with van der Waals surface area (Å²) in [5.41, 5.74) is 0. The Bertz CT molecular complexity index is 96.1. The molecule has 0 saturated heterocycles. The highest BCUT2D eigenvalue weighted by molar-refractivity contribution is 4.52. The predicted molar refractivity (Wildman–Crippen MR) is 58.0 cm³/mol. The van der Waals surface area contributed by atoms with Crippen LogP contribution in [0.3, 0.4) is 0 Å². The van der Waals surface area contributed by atoms with Gasteiger partial charge in [0.05, 0.1) is 0 Å². The van der Waals surface area contributed by atoms with Gasteiger partial charge in [0.1, 0.15) is 0 Å². The summed E-state index contributed by atoms with van der Waals surface area (Å²) in [5.74, 6) is 0. The van der Waals surface area contributed by atoms with Gasteiger partial charge < -0.3 is 10.0 Å². The highest BCUT2D eigenvalue weighted by Crippen LogP contribution is 2.03. The number of hydrogen-bond acceptors (Lipinski definition) is 2. The molecule has 0 rings (SSSR count). The lowest BCUT2D eigenvalue weighted by Crippen LogP contribution is -2.21. The van der Waals surface area contributed by atoms with Gasteiger partial charge in [0.2, 0.25) is 0 Å². The lowest BCUT2D eigenvalue weighted by atomic mass is 10.1.